The number of rotatable bonds is 4. The summed E-state index contributed by atoms with van der Waals surface area (Å²) in [5.41, 5.74) is 4.10. The fourth-order valence-corrected chi connectivity index (χ4v) is 3.50. The van der Waals surface area contributed by atoms with Crippen molar-refractivity contribution in [3.63, 3.8) is 0 Å². The van der Waals surface area contributed by atoms with E-state index in [1.54, 1.807) is 6.07 Å². The number of nitrogens with zero attached hydrogens (tertiary/aromatic N) is 1. The van der Waals surface area contributed by atoms with Gasteiger partial charge in [0.05, 0.1) is 5.56 Å². The summed E-state index contributed by atoms with van der Waals surface area (Å²) >= 11 is 0. The molecule has 2 aromatic rings. The van der Waals surface area contributed by atoms with Gasteiger partial charge >= 0.3 is 5.97 Å². The Balaban J connectivity index is 1.95. The molecular weight excluding hydrogens is 274 g/mol. The number of fused-ring (bicyclic) bond motifs is 1. The Kier molecular flexibility index (Phi) is 3.99. The van der Waals surface area contributed by atoms with Crippen LogP contribution in [0.15, 0.2) is 48.5 Å². The van der Waals surface area contributed by atoms with Gasteiger partial charge in [-0.15, -0.1) is 0 Å². The van der Waals surface area contributed by atoms with Crippen LogP contribution in [0, 0.1) is 0 Å². The maximum absolute atomic E-state index is 11.2. The van der Waals surface area contributed by atoms with Crippen molar-refractivity contribution >= 4 is 5.97 Å². The largest absolute Gasteiger partial charge is 0.478 e. The van der Waals surface area contributed by atoms with Gasteiger partial charge in [-0.3, -0.25) is 4.90 Å². The first-order valence-electron chi connectivity index (χ1n) is 7.78. The third kappa shape index (κ3) is 2.53. The van der Waals surface area contributed by atoms with Gasteiger partial charge < -0.3 is 5.11 Å². The van der Waals surface area contributed by atoms with Crippen molar-refractivity contribution in [2.75, 3.05) is 0 Å². The molecule has 3 heteroatoms. The molecule has 0 bridgehead atoms. The summed E-state index contributed by atoms with van der Waals surface area (Å²) in [6, 6.07) is 16.6. The topological polar surface area (TPSA) is 40.5 Å². The van der Waals surface area contributed by atoms with Crippen molar-refractivity contribution in [2.45, 2.75) is 38.9 Å². The molecule has 2 unspecified atom stereocenters. The van der Waals surface area contributed by atoms with E-state index < -0.39 is 5.97 Å². The summed E-state index contributed by atoms with van der Waals surface area (Å²) in [7, 11) is 0. The highest BCUT2D eigenvalue weighted by atomic mass is 16.4. The fraction of sp³-hybridized carbons (Fsp3) is 0.316. The Morgan fingerprint density at radius 3 is 2.50 bits per heavy atom. The highest BCUT2D eigenvalue weighted by Gasteiger charge is 2.35. The van der Waals surface area contributed by atoms with E-state index in [1.807, 2.05) is 18.2 Å². The minimum atomic E-state index is -0.855. The third-order valence-corrected chi connectivity index (χ3v) is 4.64. The van der Waals surface area contributed by atoms with Crippen molar-refractivity contribution in [1.29, 1.82) is 0 Å². The van der Waals surface area contributed by atoms with Crippen LogP contribution in [0.2, 0.25) is 0 Å². The Bertz CT molecular complexity index is 681. The molecule has 0 amide bonds. The number of benzene rings is 2. The zero-order valence-corrected chi connectivity index (χ0v) is 13.0. The first-order chi connectivity index (χ1) is 10.6. The minimum absolute atomic E-state index is 0.282. The van der Waals surface area contributed by atoms with Crippen molar-refractivity contribution in [3.05, 3.63) is 70.8 Å². The second kappa shape index (κ2) is 5.93. The lowest BCUT2D eigenvalue weighted by molar-refractivity contribution is 0.0696. The number of carbonyl (C=O) groups is 1. The van der Waals surface area contributed by atoms with Gasteiger partial charge in [0.2, 0.25) is 0 Å². The summed E-state index contributed by atoms with van der Waals surface area (Å²) < 4.78 is 0. The average molecular weight is 295 g/mol. The fourth-order valence-electron chi connectivity index (χ4n) is 3.50. The van der Waals surface area contributed by atoms with Crippen molar-refractivity contribution in [2.24, 2.45) is 0 Å². The molecule has 0 fully saturated rings. The van der Waals surface area contributed by atoms with E-state index in [1.165, 1.54) is 16.7 Å². The van der Waals surface area contributed by atoms with Gasteiger partial charge in [-0.05, 0) is 42.2 Å². The van der Waals surface area contributed by atoms with E-state index in [4.69, 9.17) is 0 Å². The second-order valence-electron chi connectivity index (χ2n) is 5.91. The Hall–Kier alpha value is -2.13. The molecule has 0 aliphatic carbocycles. The monoisotopic (exact) mass is 295 g/mol. The summed E-state index contributed by atoms with van der Waals surface area (Å²) in [5.74, 6) is -0.855. The minimum Gasteiger partial charge on any atom is -0.478 e. The van der Waals surface area contributed by atoms with Crippen LogP contribution in [0.1, 0.15) is 59.4 Å². The zero-order chi connectivity index (χ0) is 15.7. The number of aromatic carboxylic acids is 1. The number of carboxylic acids is 1. The summed E-state index contributed by atoms with van der Waals surface area (Å²) in [4.78, 5) is 13.7. The van der Waals surface area contributed by atoms with E-state index in [2.05, 4.69) is 43.0 Å². The SMILES string of the molecule is CCC1c2cc(C(=O)O)ccc2C(C)N1Cc1ccccc1. The smallest absolute Gasteiger partial charge is 0.335 e. The molecule has 1 heterocycles. The van der Waals surface area contributed by atoms with E-state index in [0.717, 1.165) is 13.0 Å². The van der Waals surface area contributed by atoms with Crippen LogP contribution in [0.3, 0.4) is 0 Å². The van der Waals surface area contributed by atoms with Crippen LogP contribution in [-0.4, -0.2) is 16.0 Å². The molecule has 3 rings (SSSR count). The Morgan fingerprint density at radius 1 is 1.14 bits per heavy atom. The first-order valence-corrected chi connectivity index (χ1v) is 7.78. The molecule has 0 aromatic heterocycles. The molecule has 2 aromatic carbocycles. The number of carboxylic acid groups (broad SMARTS) is 1. The van der Waals surface area contributed by atoms with Gasteiger partial charge in [0.15, 0.2) is 0 Å². The van der Waals surface area contributed by atoms with Crippen molar-refractivity contribution in [3.8, 4) is 0 Å². The van der Waals surface area contributed by atoms with Crippen LogP contribution in [0.5, 0.6) is 0 Å². The molecule has 1 aliphatic rings. The van der Waals surface area contributed by atoms with E-state index in [9.17, 15) is 9.90 Å². The third-order valence-electron chi connectivity index (χ3n) is 4.64. The molecule has 0 radical (unpaired) electrons. The number of hydrogen-bond donors (Lipinski definition) is 1. The van der Waals surface area contributed by atoms with E-state index >= 15 is 0 Å². The molecule has 3 nitrogen and oxygen atoms in total. The normalized spacial score (nSPS) is 20.8. The van der Waals surface area contributed by atoms with Crippen LogP contribution in [0.4, 0.5) is 0 Å². The molecule has 22 heavy (non-hydrogen) atoms. The molecule has 1 N–H and O–H groups in total. The van der Waals surface area contributed by atoms with Crippen LogP contribution < -0.4 is 0 Å². The summed E-state index contributed by atoms with van der Waals surface area (Å²) in [6.45, 7) is 5.26. The Labute approximate surface area is 131 Å². The molecule has 2 atom stereocenters. The predicted octanol–water partition coefficient (Wildman–Crippen LogP) is 4.41. The van der Waals surface area contributed by atoms with Gasteiger partial charge in [0.25, 0.3) is 0 Å². The average Bonchev–Trinajstić information content (AvgIpc) is 2.80. The predicted molar refractivity (Wildman–Crippen MR) is 86.8 cm³/mol. The van der Waals surface area contributed by atoms with E-state index in [-0.39, 0.29) is 6.04 Å². The van der Waals surface area contributed by atoms with E-state index in [0.29, 0.717) is 11.6 Å². The number of hydrogen-bond acceptors (Lipinski definition) is 2. The van der Waals surface area contributed by atoms with Gasteiger partial charge in [-0.1, -0.05) is 43.3 Å². The zero-order valence-electron chi connectivity index (χ0n) is 13.0. The molecule has 114 valence electrons. The molecular formula is C19H21NO2. The highest BCUT2D eigenvalue weighted by Crippen LogP contribution is 2.44. The van der Waals surface area contributed by atoms with Gasteiger partial charge in [-0.2, -0.15) is 0 Å². The molecule has 0 spiro atoms. The quantitative estimate of drug-likeness (QED) is 0.908. The standard InChI is InChI=1S/C19H21NO2/c1-3-18-17-11-15(19(21)22)9-10-16(17)13(2)20(18)12-14-7-5-4-6-8-14/h4-11,13,18H,3,12H2,1-2H3,(H,21,22). The lowest BCUT2D eigenvalue weighted by Crippen LogP contribution is -2.24. The van der Waals surface area contributed by atoms with Crippen LogP contribution >= 0.6 is 0 Å². The summed E-state index contributed by atoms with van der Waals surface area (Å²) in [6.07, 6.45) is 0.979. The molecule has 1 aliphatic heterocycles. The maximum Gasteiger partial charge on any atom is 0.335 e. The maximum atomic E-state index is 11.2. The highest BCUT2D eigenvalue weighted by molar-refractivity contribution is 5.88. The van der Waals surface area contributed by atoms with Crippen LogP contribution in [-0.2, 0) is 6.54 Å². The van der Waals surface area contributed by atoms with Crippen LogP contribution in [0.25, 0.3) is 0 Å². The summed E-state index contributed by atoms with van der Waals surface area (Å²) in [5, 5.41) is 9.23. The van der Waals surface area contributed by atoms with Gasteiger partial charge in [0.1, 0.15) is 0 Å². The van der Waals surface area contributed by atoms with Crippen molar-refractivity contribution in [1.82, 2.24) is 4.90 Å². The lowest BCUT2D eigenvalue weighted by atomic mass is 9.98. The lowest BCUT2D eigenvalue weighted by Gasteiger charge is -2.28. The van der Waals surface area contributed by atoms with Crippen molar-refractivity contribution < 1.29 is 9.90 Å². The van der Waals surface area contributed by atoms with Gasteiger partial charge in [-0.25, -0.2) is 4.79 Å². The van der Waals surface area contributed by atoms with Gasteiger partial charge in [0, 0.05) is 18.6 Å². The first kappa shape index (κ1) is 14.8. The molecule has 0 saturated heterocycles. The Morgan fingerprint density at radius 2 is 1.86 bits per heavy atom. The second-order valence-corrected chi connectivity index (χ2v) is 5.91. The molecule has 0 saturated carbocycles.